The number of hydrogen-bond donors (Lipinski definition) is 2. The van der Waals surface area contributed by atoms with E-state index in [1.165, 1.54) is 33.1 Å². The van der Waals surface area contributed by atoms with E-state index in [4.69, 9.17) is 9.84 Å². The number of pyridine rings is 1. The number of imidazole rings is 1. The van der Waals surface area contributed by atoms with Gasteiger partial charge in [-0.05, 0) is 22.3 Å². The second-order valence-corrected chi connectivity index (χ2v) is 9.26. The molecule has 6 rings (SSSR count). The minimum Gasteiger partial charge on any atom is -0.480 e. The molecule has 2 N–H and O–H groups in total. The highest BCUT2D eigenvalue weighted by Crippen LogP contribution is 2.44. The summed E-state index contributed by atoms with van der Waals surface area (Å²) in [5.41, 5.74) is 4.98. The van der Waals surface area contributed by atoms with Crippen LogP contribution in [-0.2, 0) is 16.1 Å². The van der Waals surface area contributed by atoms with Crippen molar-refractivity contribution in [2.45, 2.75) is 12.5 Å². The number of H-pyrrole nitrogens is 1. The van der Waals surface area contributed by atoms with E-state index in [-0.39, 0.29) is 30.7 Å². The van der Waals surface area contributed by atoms with Crippen LogP contribution in [0.5, 0.6) is 0 Å². The smallest absolute Gasteiger partial charge is 0.409 e. The number of fused-ring (bicyclic) bond motifs is 4. The standard InChI is InChI=1S/C27H25N5O5/c33-24(34)14-32-16-28-22-13-23(29-26(35)25(22)32)30-9-11-31(12-10-30)27(36)37-15-21-19-7-3-1-5-17(19)18-6-2-4-8-20(18)21/h1-8,13,16,21H,9-12,14-15H2,(H,29,35)(H,33,34). The SMILES string of the molecule is O=C(O)Cn1cnc2cc(N3CCN(C(=O)OCC4c5ccccc5-c5ccccc54)CC3)[nH]c(=O)c21. The number of aromatic nitrogens is 3. The van der Waals surface area contributed by atoms with Gasteiger partial charge in [-0.3, -0.25) is 9.59 Å². The summed E-state index contributed by atoms with van der Waals surface area (Å²) in [4.78, 5) is 47.3. The van der Waals surface area contributed by atoms with Crippen LogP contribution in [0.25, 0.3) is 22.2 Å². The zero-order valence-corrected chi connectivity index (χ0v) is 20.0. The molecule has 0 bridgehead atoms. The fourth-order valence-corrected chi connectivity index (χ4v) is 5.34. The first kappa shape index (κ1) is 22.8. The molecule has 3 heterocycles. The molecule has 0 saturated carbocycles. The summed E-state index contributed by atoms with van der Waals surface area (Å²) in [5, 5.41) is 9.04. The Hall–Kier alpha value is -4.60. The summed E-state index contributed by atoms with van der Waals surface area (Å²) in [6, 6.07) is 18.2. The molecule has 37 heavy (non-hydrogen) atoms. The Morgan fingerprint density at radius 2 is 1.65 bits per heavy atom. The van der Waals surface area contributed by atoms with Gasteiger partial charge in [0.05, 0.1) is 11.8 Å². The number of benzene rings is 2. The lowest BCUT2D eigenvalue weighted by Crippen LogP contribution is -2.49. The number of aliphatic carboxylic acids is 1. The van der Waals surface area contributed by atoms with Crippen molar-refractivity contribution in [3.63, 3.8) is 0 Å². The van der Waals surface area contributed by atoms with Crippen LogP contribution in [-0.4, -0.2) is 69.4 Å². The second kappa shape index (κ2) is 9.12. The molecule has 0 unspecified atom stereocenters. The van der Waals surface area contributed by atoms with Crippen LogP contribution in [0.1, 0.15) is 17.0 Å². The van der Waals surface area contributed by atoms with Crippen LogP contribution in [0.2, 0.25) is 0 Å². The molecule has 1 fully saturated rings. The van der Waals surface area contributed by atoms with Gasteiger partial charge < -0.3 is 29.2 Å². The number of aromatic amines is 1. The maximum absolute atomic E-state index is 12.9. The van der Waals surface area contributed by atoms with Gasteiger partial charge >= 0.3 is 12.1 Å². The van der Waals surface area contributed by atoms with E-state index in [0.29, 0.717) is 37.5 Å². The second-order valence-electron chi connectivity index (χ2n) is 9.26. The number of piperazine rings is 1. The van der Waals surface area contributed by atoms with Gasteiger partial charge in [-0.2, -0.15) is 0 Å². The number of carbonyl (C=O) groups excluding carboxylic acids is 1. The monoisotopic (exact) mass is 499 g/mol. The van der Waals surface area contributed by atoms with Gasteiger partial charge in [0.25, 0.3) is 5.56 Å². The number of hydrogen-bond acceptors (Lipinski definition) is 6. The lowest BCUT2D eigenvalue weighted by atomic mass is 9.98. The average Bonchev–Trinajstić information content (AvgIpc) is 3.46. The Morgan fingerprint density at radius 1 is 1.00 bits per heavy atom. The zero-order valence-electron chi connectivity index (χ0n) is 20.0. The molecule has 188 valence electrons. The van der Waals surface area contributed by atoms with Gasteiger partial charge in [0, 0.05) is 38.2 Å². The fourth-order valence-electron chi connectivity index (χ4n) is 5.34. The summed E-state index contributed by atoms with van der Waals surface area (Å²) < 4.78 is 7.10. The van der Waals surface area contributed by atoms with Crippen molar-refractivity contribution < 1.29 is 19.4 Å². The Bertz CT molecular complexity index is 1520. The molecule has 0 spiro atoms. The molecule has 10 heteroatoms. The largest absolute Gasteiger partial charge is 0.480 e. The van der Waals surface area contributed by atoms with Crippen LogP contribution in [0.3, 0.4) is 0 Å². The Kier molecular flexibility index (Phi) is 5.63. The number of nitrogens with one attached hydrogen (secondary N) is 1. The van der Waals surface area contributed by atoms with Gasteiger partial charge in [-0.1, -0.05) is 48.5 Å². The molecule has 10 nitrogen and oxygen atoms in total. The van der Waals surface area contributed by atoms with Crippen molar-refractivity contribution in [3.05, 3.63) is 82.4 Å². The third kappa shape index (κ3) is 4.10. The minimum atomic E-state index is -1.05. The summed E-state index contributed by atoms with van der Waals surface area (Å²) >= 11 is 0. The van der Waals surface area contributed by atoms with E-state index in [2.05, 4.69) is 34.2 Å². The molecule has 2 aliphatic rings. The third-order valence-electron chi connectivity index (χ3n) is 7.12. The first-order chi connectivity index (χ1) is 18.0. The Balaban J connectivity index is 1.10. The molecule has 4 aromatic rings. The van der Waals surface area contributed by atoms with Crippen molar-refractivity contribution in [2.24, 2.45) is 0 Å². The van der Waals surface area contributed by atoms with E-state index in [1.54, 1.807) is 11.0 Å². The van der Waals surface area contributed by atoms with Crippen LogP contribution < -0.4 is 10.5 Å². The van der Waals surface area contributed by atoms with Gasteiger partial charge in [-0.25, -0.2) is 9.78 Å². The third-order valence-corrected chi connectivity index (χ3v) is 7.12. The molecule has 2 aromatic carbocycles. The molecule has 2 aromatic heterocycles. The number of amides is 1. The summed E-state index contributed by atoms with van der Waals surface area (Å²) in [7, 11) is 0. The quantitative estimate of drug-likeness (QED) is 0.433. The fraction of sp³-hybridized carbons (Fsp3) is 0.259. The summed E-state index contributed by atoms with van der Waals surface area (Å²) in [6.45, 7) is 1.87. The zero-order chi connectivity index (χ0) is 25.5. The molecule has 1 saturated heterocycles. The Morgan fingerprint density at radius 3 is 2.30 bits per heavy atom. The van der Waals surface area contributed by atoms with Crippen LogP contribution in [0, 0.1) is 0 Å². The predicted octanol–water partition coefficient (Wildman–Crippen LogP) is 2.88. The van der Waals surface area contributed by atoms with Crippen LogP contribution in [0.4, 0.5) is 10.6 Å². The average molecular weight is 500 g/mol. The minimum absolute atomic E-state index is 0.00961. The maximum Gasteiger partial charge on any atom is 0.409 e. The molecule has 1 aliphatic carbocycles. The van der Waals surface area contributed by atoms with E-state index in [9.17, 15) is 14.4 Å². The van der Waals surface area contributed by atoms with Crippen LogP contribution >= 0.6 is 0 Å². The molecule has 1 amide bonds. The van der Waals surface area contributed by atoms with E-state index >= 15 is 0 Å². The Labute approximate surface area is 211 Å². The number of rotatable bonds is 5. The van der Waals surface area contributed by atoms with Gasteiger partial charge in [0.15, 0.2) is 0 Å². The summed E-state index contributed by atoms with van der Waals surface area (Å²) in [5.74, 6) is -0.451. The molecular formula is C27H25N5O5. The van der Waals surface area contributed by atoms with Crippen molar-refractivity contribution in [3.8, 4) is 11.1 Å². The highest BCUT2D eigenvalue weighted by molar-refractivity contribution is 5.80. The molecule has 0 atom stereocenters. The van der Waals surface area contributed by atoms with Gasteiger partial charge in [0.2, 0.25) is 0 Å². The number of ether oxygens (including phenoxy) is 1. The van der Waals surface area contributed by atoms with E-state index in [0.717, 1.165) is 0 Å². The number of nitrogens with zero attached hydrogens (tertiary/aromatic N) is 4. The predicted molar refractivity (Wildman–Crippen MR) is 137 cm³/mol. The molecule has 0 radical (unpaired) electrons. The van der Waals surface area contributed by atoms with E-state index < -0.39 is 11.5 Å². The number of carbonyl (C=O) groups is 2. The van der Waals surface area contributed by atoms with Crippen molar-refractivity contribution in [2.75, 3.05) is 37.7 Å². The number of anilines is 1. The number of carboxylic acid groups (broad SMARTS) is 1. The molecular weight excluding hydrogens is 474 g/mol. The maximum atomic E-state index is 12.9. The normalized spacial score (nSPS) is 15.0. The number of carboxylic acids is 1. The van der Waals surface area contributed by atoms with Crippen molar-refractivity contribution in [1.29, 1.82) is 0 Å². The van der Waals surface area contributed by atoms with E-state index in [1.807, 2.05) is 29.2 Å². The van der Waals surface area contributed by atoms with Gasteiger partial charge in [0.1, 0.15) is 24.5 Å². The topological polar surface area (TPSA) is 121 Å². The lowest BCUT2D eigenvalue weighted by Gasteiger charge is -2.35. The van der Waals surface area contributed by atoms with Gasteiger partial charge in [-0.15, -0.1) is 0 Å². The van der Waals surface area contributed by atoms with Crippen molar-refractivity contribution in [1.82, 2.24) is 19.4 Å². The first-order valence-electron chi connectivity index (χ1n) is 12.1. The summed E-state index contributed by atoms with van der Waals surface area (Å²) in [6.07, 6.45) is 1.00. The lowest BCUT2D eigenvalue weighted by molar-refractivity contribution is -0.137. The first-order valence-corrected chi connectivity index (χ1v) is 12.1. The highest BCUT2D eigenvalue weighted by Gasteiger charge is 2.30. The van der Waals surface area contributed by atoms with Crippen LogP contribution in [0.15, 0.2) is 65.7 Å². The van der Waals surface area contributed by atoms with Crippen molar-refractivity contribution >= 4 is 28.9 Å². The highest BCUT2D eigenvalue weighted by atomic mass is 16.6. The molecule has 1 aliphatic heterocycles.